The van der Waals surface area contributed by atoms with Gasteiger partial charge in [0.25, 0.3) is 0 Å². The molecule has 2 rings (SSSR count). The zero-order chi connectivity index (χ0) is 10.7. The fourth-order valence-corrected chi connectivity index (χ4v) is 1.25. The molecule has 0 aliphatic carbocycles. The average Bonchev–Trinajstić information content (AvgIpc) is 2.25. The van der Waals surface area contributed by atoms with E-state index < -0.39 is 0 Å². The molecule has 0 atom stereocenters. The van der Waals surface area contributed by atoms with Gasteiger partial charge in [-0.25, -0.2) is 9.97 Å². The summed E-state index contributed by atoms with van der Waals surface area (Å²) in [4.78, 5) is 7.87. The van der Waals surface area contributed by atoms with Crippen molar-refractivity contribution in [2.75, 3.05) is 5.32 Å². The minimum Gasteiger partial charge on any atom is -0.508 e. The molecule has 0 saturated heterocycles. The van der Waals surface area contributed by atoms with Crippen LogP contribution >= 0.6 is 0 Å². The molecule has 0 saturated carbocycles. The van der Waals surface area contributed by atoms with E-state index in [1.807, 2.05) is 13.0 Å². The summed E-state index contributed by atoms with van der Waals surface area (Å²) in [6.45, 7) is 1.85. The van der Waals surface area contributed by atoms with Crippen molar-refractivity contribution in [1.82, 2.24) is 9.97 Å². The molecule has 0 unspecified atom stereocenters. The number of hydrogen-bond acceptors (Lipinski definition) is 4. The van der Waals surface area contributed by atoms with Gasteiger partial charge in [-0.1, -0.05) is 0 Å². The Balaban J connectivity index is 2.22. The van der Waals surface area contributed by atoms with Crippen molar-refractivity contribution in [3.63, 3.8) is 0 Å². The van der Waals surface area contributed by atoms with Crippen LogP contribution in [0.1, 0.15) is 5.56 Å². The lowest BCUT2D eigenvalue weighted by atomic mass is 10.2. The maximum absolute atomic E-state index is 9.36. The van der Waals surface area contributed by atoms with Crippen molar-refractivity contribution >= 4 is 11.5 Å². The van der Waals surface area contributed by atoms with Gasteiger partial charge in [-0.2, -0.15) is 0 Å². The van der Waals surface area contributed by atoms with Crippen molar-refractivity contribution in [2.24, 2.45) is 0 Å². The highest BCUT2D eigenvalue weighted by Gasteiger charge is 1.98. The van der Waals surface area contributed by atoms with Crippen molar-refractivity contribution in [3.05, 3.63) is 42.4 Å². The quantitative estimate of drug-likeness (QED) is 0.731. The Morgan fingerprint density at radius 2 is 2.13 bits per heavy atom. The monoisotopic (exact) mass is 201 g/mol. The Morgan fingerprint density at radius 3 is 2.80 bits per heavy atom. The van der Waals surface area contributed by atoms with Crippen LogP contribution in [-0.2, 0) is 0 Å². The highest BCUT2D eigenvalue weighted by molar-refractivity contribution is 5.58. The predicted molar refractivity (Wildman–Crippen MR) is 58.2 cm³/mol. The minimum atomic E-state index is 0.295. The van der Waals surface area contributed by atoms with Gasteiger partial charge < -0.3 is 10.4 Å². The Hall–Kier alpha value is -2.10. The van der Waals surface area contributed by atoms with Gasteiger partial charge >= 0.3 is 0 Å². The normalized spacial score (nSPS) is 9.93. The van der Waals surface area contributed by atoms with E-state index in [4.69, 9.17) is 0 Å². The molecule has 76 valence electrons. The first-order valence-electron chi connectivity index (χ1n) is 4.58. The second kappa shape index (κ2) is 3.96. The number of anilines is 2. The summed E-state index contributed by atoms with van der Waals surface area (Å²) in [5.74, 6) is 1.03. The smallest absolute Gasteiger partial charge is 0.133 e. The topological polar surface area (TPSA) is 58.0 Å². The zero-order valence-corrected chi connectivity index (χ0v) is 8.31. The second-order valence-electron chi connectivity index (χ2n) is 3.22. The number of phenols is 1. The summed E-state index contributed by atoms with van der Waals surface area (Å²) in [6.07, 6.45) is 3.15. The van der Waals surface area contributed by atoms with Crippen LogP contribution < -0.4 is 5.32 Å². The van der Waals surface area contributed by atoms with Gasteiger partial charge in [0.1, 0.15) is 17.9 Å². The molecule has 2 N–H and O–H groups in total. The van der Waals surface area contributed by atoms with Crippen molar-refractivity contribution < 1.29 is 5.11 Å². The third kappa shape index (κ3) is 2.22. The Morgan fingerprint density at radius 1 is 1.27 bits per heavy atom. The minimum absolute atomic E-state index is 0.295. The molecule has 0 amide bonds. The summed E-state index contributed by atoms with van der Waals surface area (Å²) in [5.41, 5.74) is 1.72. The van der Waals surface area contributed by atoms with E-state index in [1.54, 1.807) is 24.4 Å². The van der Waals surface area contributed by atoms with Crippen LogP contribution in [0.4, 0.5) is 11.5 Å². The van der Waals surface area contributed by atoms with Crippen LogP contribution in [0.25, 0.3) is 0 Å². The Labute approximate surface area is 87.6 Å². The molecular formula is C11H11N3O. The van der Waals surface area contributed by atoms with Gasteiger partial charge in [-0.3, -0.25) is 0 Å². The standard InChI is InChI=1S/C11H11N3O/c1-8-6-9(2-3-10(8)15)14-11-4-5-12-7-13-11/h2-7,15H,1H3,(H,12,13,14). The van der Waals surface area contributed by atoms with E-state index in [0.717, 1.165) is 17.1 Å². The largest absolute Gasteiger partial charge is 0.508 e. The van der Waals surface area contributed by atoms with Crippen LogP contribution in [-0.4, -0.2) is 15.1 Å². The molecule has 0 aliphatic rings. The number of hydrogen-bond donors (Lipinski definition) is 2. The molecule has 1 aromatic heterocycles. The van der Waals surface area contributed by atoms with Crippen LogP contribution in [0.5, 0.6) is 5.75 Å². The van der Waals surface area contributed by atoms with Gasteiger partial charge in [-0.15, -0.1) is 0 Å². The van der Waals surface area contributed by atoms with Crippen LogP contribution in [0.15, 0.2) is 36.8 Å². The molecule has 0 aliphatic heterocycles. The maximum atomic E-state index is 9.36. The maximum Gasteiger partial charge on any atom is 0.133 e. The fourth-order valence-electron chi connectivity index (χ4n) is 1.25. The Bertz CT molecular complexity index is 457. The molecular weight excluding hydrogens is 190 g/mol. The van der Waals surface area contributed by atoms with E-state index >= 15 is 0 Å². The molecule has 2 aromatic rings. The lowest BCUT2D eigenvalue weighted by molar-refractivity contribution is 0.471. The summed E-state index contributed by atoms with van der Waals surface area (Å²) in [5, 5.41) is 12.5. The number of nitrogens with zero attached hydrogens (tertiary/aromatic N) is 2. The van der Waals surface area contributed by atoms with Gasteiger partial charge in [0.05, 0.1) is 0 Å². The van der Waals surface area contributed by atoms with Gasteiger partial charge in [0, 0.05) is 11.9 Å². The highest BCUT2D eigenvalue weighted by Crippen LogP contribution is 2.21. The molecule has 4 heteroatoms. The highest BCUT2D eigenvalue weighted by atomic mass is 16.3. The number of aromatic hydroxyl groups is 1. The summed E-state index contributed by atoms with van der Waals surface area (Å²) in [7, 11) is 0. The fraction of sp³-hybridized carbons (Fsp3) is 0.0909. The van der Waals surface area contributed by atoms with Crippen molar-refractivity contribution in [1.29, 1.82) is 0 Å². The molecule has 1 heterocycles. The van der Waals surface area contributed by atoms with E-state index in [0.29, 0.717) is 5.75 Å². The van der Waals surface area contributed by atoms with Crippen LogP contribution in [0, 0.1) is 6.92 Å². The second-order valence-corrected chi connectivity index (χ2v) is 3.22. The molecule has 0 fully saturated rings. The van der Waals surface area contributed by atoms with Crippen molar-refractivity contribution in [3.8, 4) is 5.75 Å². The molecule has 15 heavy (non-hydrogen) atoms. The Kier molecular flexibility index (Phi) is 2.49. The number of rotatable bonds is 2. The summed E-state index contributed by atoms with van der Waals surface area (Å²) in [6, 6.07) is 7.09. The van der Waals surface area contributed by atoms with E-state index in [2.05, 4.69) is 15.3 Å². The number of benzene rings is 1. The third-order valence-corrected chi connectivity index (χ3v) is 2.05. The van der Waals surface area contributed by atoms with Gasteiger partial charge in [-0.05, 0) is 36.8 Å². The predicted octanol–water partition coefficient (Wildman–Crippen LogP) is 2.23. The van der Waals surface area contributed by atoms with Gasteiger partial charge in [0.15, 0.2) is 0 Å². The van der Waals surface area contributed by atoms with E-state index in [-0.39, 0.29) is 0 Å². The SMILES string of the molecule is Cc1cc(Nc2ccncn2)ccc1O. The first kappa shape index (κ1) is 9.45. The third-order valence-electron chi connectivity index (χ3n) is 2.05. The number of aromatic nitrogens is 2. The van der Waals surface area contributed by atoms with E-state index in [1.165, 1.54) is 6.33 Å². The molecule has 1 aromatic carbocycles. The number of aryl methyl sites for hydroxylation is 1. The number of phenolic OH excluding ortho intramolecular Hbond substituents is 1. The first-order valence-corrected chi connectivity index (χ1v) is 4.58. The molecule has 4 nitrogen and oxygen atoms in total. The lowest BCUT2D eigenvalue weighted by Crippen LogP contribution is -1.93. The van der Waals surface area contributed by atoms with Crippen LogP contribution in [0.3, 0.4) is 0 Å². The molecule has 0 bridgehead atoms. The van der Waals surface area contributed by atoms with Crippen molar-refractivity contribution in [2.45, 2.75) is 6.92 Å². The first-order chi connectivity index (χ1) is 7.25. The summed E-state index contributed by atoms with van der Waals surface area (Å²) < 4.78 is 0. The molecule has 0 spiro atoms. The average molecular weight is 201 g/mol. The van der Waals surface area contributed by atoms with Gasteiger partial charge in [0.2, 0.25) is 0 Å². The lowest BCUT2D eigenvalue weighted by Gasteiger charge is -2.06. The van der Waals surface area contributed by atoms with E-state index in [9.17, 15) is 5.11 Å². The zero-order valence-electron chi connectivity index (χ0n) is 8.31. The van der Waals surface area contributed by atoms with Crippen LogP contribution in [0.2, 0.25) is 0 Å². The summed E-state index contributed by atoms with van der Waals surface area (Å²) >= 11 is 0. The molecule has 0 radical (unpaired) electrons. The number of nitrogens with one attached hydrogen (secondary N) is 1.